The van der Waals surface area contributed by atoms with Crippen LogP contribution >= 0.6 is 0 Å². The molecule has 36 heavy (non-hydrogen) atoms. The highest BCUT2D eigenvalue weighted by Gasteiger charge is 2.21. The van der Waals surface area contributed by atoms with Crippen LogP contribution in [0.25, 0.3) is 0 Å². The molecule has 1 atom stereocenters. The molecule has 2 heterocycles. The number of hydrogen-bond donors (Lipinski definition) is 0. The number of halogens is 1. The molecule has 0 aromatic heterocycles. The molecule has 190 valence electrons. The van der Waals surface area contributed by atoms with Gasteiger partial charge in [-0.15, -0.1) is 0 Å². The van der Waals surface area contributed by atoms with Gasteiger partial charge >= 0.3 is 0 Å². The minimum atomic E-state index is -0.225. The third-order valence-corrected chi connectivity index (χ3v) is 7.08. The van der Waals surface area contributed by atoms with E-state index in [4.69, 9.17) is 14.2 Å². The highest BCUT2D eigenvalue weighted by atomic mass is 19.1. The van der Waals surface area contributed by atoms with Crippen LogP contribution < -0.4 is 14.2 Å². The lowest BCUT2D eigenvalue weighted by Gasteiger charge is -2.35. The first-order valence-electron chi connectivity index (χ1n) is 12.9. The van der Waals surface area contributed by atoms with Crippen LogP contribution in [0.15, 0.2) is 66.7 Å². The molecular weight excluding hydrogens is 455 g/mol. The molecule has 0 bridgehead atoms. The van der Waals surface area contributed by atoms with Crippen molar-refractivity contribution in [1.82, 2.24) is 9.80 Å². The Morgan fingerprint density at radius 3 is 2.19 bits per heavy atom. The third-order valence-electron chi connectivity index (χ3n) is 7.08. The van der Waals surface area contributed by atoms with E-state index >= 15 is 0 Å². The van der Waals surface area contributed by atoms with Crippen molar-refractivity contribution < 1.29 is 18.6 Å². The Bertz CT molecular complexity index is 1130. The lowest BCUT2D eigenvalue weighted by atomic mass is 10.0. The molecular formula is C30H35FN2O3. The smallest absolute Gasteiger partial charge is 0.231 e. The van der Waals surface area contributed by atoms with Gasteiger partial charge in [-0.3, -0.25) is 4.90 Å². The number of nitrogens with zero attached hydrogens (tertiary/aromatic N) is 2. The Hall–Kier alpha value is -3.09. The predicted octanol–water partition coefficient (Wildman–Crippen LogP) is 6.01. The lowest BCUT2D eigenvalue weighted by molar-refractivity contribution is 0.107. The molecule has 1 fully saturated rings. The minimum Gasteiger partial charge on any atom is -0.486 e. The Kier molecular flexibility index (Phi) is 7.73. The normalized spacial score (nSPS) is 16.9. The predicted molar refractivity (Wildman–Crippen MR) is 139 cm³/mol. The van der Waals surface area contributed by atoms with E-state index in [0.717, 1.165) is 68.5 Å². The second kappa shape index (κ2) is 11.3. The first-order valence-corrected chi connectivity index (χ1v) is 12.9. The number of benzene rings is 3. The van der Waals surface area contributed by atoms with E-state index in [2.05, 4.69) is 47.9 Å². The van der Waals surface area contributed by atoms with Crippen molar-refractivity contribution in [3.05, 3.63) is 89.2 Å². The molecule has 0 radical (unpaired) electrons. The molecule has 0 aliphatic carbocycles. The maximum absolute atomic E-state index is 13.6. The maximum Gasteiger partial charge on any atom is 0.231 e. The SMILES string of the molecule is CC(C)c1ccc(OC(CCN2CCN(Cc3ccc4c(c3)OCO4)CC2)c2ccc(F)cc2)cc1. The molecule has 0 amide bonds. The van der Waals surface area contributed by atoms with Crippen LogP contribution in [-0.2, 0) is 6.54 Å². The van der Waals surface area contributed by atoms with E-state index in [-0.39, 0.29) is 11.9 Å². The largest absolute Gasteiger partial charge is 0.486 e. The van der Waals surface area contributed by atoms with Gasteiger partial charge in [0, 0.05) is 45.7 Å². The van der Waals surface area contributed by atoms with E-state index in [1.807, 2.05) is 30.3 Å². The van der Waals surface area contributed by atoms with Gasteiger partial charge < -0.3 is 19.1 Å². The summed E-state index contributed by atoms with van der Waals surface area (Å²) in [4.78, 5) is 4.98. The molecule has 1 saturated heterocycles. The second-order valence-electron chi connectivity index (χ2n) is 9.98. The summed E-state index contributed by atoms with van der Waals surface area (Å²) in [6, 6.07) is 21.3. The Balaban J connectivity index is 1.16. The van der Waals surface area contributed by atoms with Gasteiger partial charge in [-0.2, -0.15) is 0 Å². The van der Waals surface area contributed by atoms with Crippen LogP contribution in [0.5, 0.6) is 17.2 Å². The summed E-state index contributed by atoms with van der Waals surface area (Å²) in [6.45, 7) is 10.6. The monoisotopic (exact) mass is 490 g/mol. The van der Waals surface area contributed by atoms with Crippen molar-refractivity contribution >= 4 is 0 Å². The molecule has 5 rings (SSSR count). The van der Waals surface area contributed by atoms with Crippen LogP contribution in [0.1, 0.15) is 49.0 Å². The van der Waals surface area contributed by atoms with Crippen molar-refractivity contribution in [2.45, 2.75) is 38.8 Å². The average Bonchev–Trinajstić information content (AvgIpc) is 3.36. The van der Waals surface area contributed by atoms with Gasteiger partial charge in [0.15, 0.2) is 11.5 Å². The fourth-order valence-electron chi connectivity index (χ4n) is 4.83. The molecule has 0 saturated carbocycles. The molecule has 3 aromatic rings. The summed E-state index contributed by atoms with van der Waals surface area (Å²) < 4.78 is 30.9. The third kappa shape index (κ3) is 6.18. The summed E-state index contributed by atoms with van der Waals surface area (Å²) in [5.41, 5.74) is 3.55. The van der Waals surface area contributed by atoms with E-state index in [1.165, 1.54) is 23.3 Å². The van der Waals surface area contributed by atoms with Crippen LogP contribution in [0.3, 0.4) is 0 Å². The highest BCUT2D eigenvalue weighted by molar-refractivity contribution is 5.44. The number of hydrogen-bond acceptors (Lipinski definition) is 5. The maximum atomic E-state index is 13.6. The van der Waals surface area contributed by atoms with Gasteiger partial charge in [-0.25, -0.2) is 4.39 Å². The Morgan fingerprint density at radius 1 is 0.806 bits per heavy atom. The zero-order valence-corrected chi connectivity index (χ0v) is 21.2. The quantitative estimate of drug-likeness (QED) is 0.367. The number of ether oxygens (including phenoxy) is 3. The van der Waals surface area contributed by atoms with Gasteiger partial charge in [0.1, 0.15) is 17.7 Å². The fourth-order valence-corrected chi connectivity index (χ4v) is 4.83. The van der Waals surface area contributed by atoms with E-state index in [0.29, 0.717) is 12.7 Å². The van der Waals surface area contributed by atoms with Crippen LogP contribution in [0.4, 0.5) is 4.39 Å². The Morgan fingerprint density at radius 2 is 1.47 bits per heavy atom. The summed E-state index contributed by atoms with van der Waals surface area (Å²) in [6.07, 6.45) is 0.724. The van der Waals surface area contributed by atoms with E-state index < -0.39 is 0 Å². The van der Waals surface area contributed by atoms with Gasteiger partial charge in [0.25, 0.3) is 0 Å². The second-order valence-corrected chi connectivity index (χ2v) is 9.98. The summed E-state index contributed by atoms with van der Waals surface area (Å²) in [5, 5.41) is 0. The number of fused-ring (bicyclic) bond motifs is 1. The highest BCUT2D eigenvalue weighted by Crippen LogP contribution is 2.33. The topological polar surface area (TPSA) is 34.2 Å². The molecule has 5 nitrogen and oxygen atoms in total. The van der Waals surface area contributed by atoms with Crippen LogP contribution in [-0.4, -0.2) is 49.3 Å². The summed E-state index contributed by atoms with van der Waals surface area (Å²) in [7, 11) is 0. The molecule has 3 aromatic carbocycles. The fraction of sp³-hybridized carbons (Fsp3) is 0.400. The zero-order chi connectivity index (χ0) is 24.9. The molecule has 1 unspecified atom stereocenters. The van der Waals surface area contributed by atoms with Crippen molar-refractivity contribution in [2.75, 3.05) is 39.5 Å². The average molecular weight is 491 g/mol. The van der Waals surface area contributed by atoms with Gasteiger partial charge in [0.05, 0.1) is 0 Å². The van der Waals surface area contributed by atoms with Crippen molar-refractivity contribution in [3.63, 3.8) is 0 Å². The molecule has 0 spiro atoms. The Labute approximate surface area is 213 Å². The molecule has 2 aliphatic heterocycles. The zero-order valence-electron chi connectivity index (χ0n) is 21.2. The number of piperazine rings is 1. The minimum absolute atomic E-state index is 0.123. The lowest BCUT2D eigenvalue weighted by Crippen LogP contribution is -2.46. The molecule has 6 heteroatoms. The number of rotatable bonds is 9. The van der Waals surface area contributed by atoms with Gasteiger partial charge in [-0.1, -0.05) is 44.2 Å². The summed E-state index contributed by atoms with van der Waals surface area (Å²) in [5.74, 6) is 2.78. The van der Waals surface area contributed by atoms with Crippen LogP contribution in [0.2, 0.25) is 0 Å². The van der Waals surface area contributed by atoms with E-state index in [1.54, 1.807) is 0 Å². The van der Waals surface area contributed by atoms with Crippen molar-refractivity contribution in [1.29, 1.82) is 0 Å². The first kappa shape index (κ1) is 24.6. The standard InChI is InChI=1S/C30H35FN2O3/c1-22(2)24-6-10-27(11-7-24)36-28(25-4-8-26(31)9-5-25)13-14-32-15-17-33(18-16-32)20-23-3-12-29-30(19-23)35-21-34-29/h3-12,19,22,28H,13-18,20-21H2,1-2H3. The molecule has 0 N–H and O–H groups in total. The van der Waals surface area contributed by atoms with Crippen molar-refractivity contribution in [2.24, 2.45) is 0 Å². The summed E-state index contributed by atoms with van der Waals surface area (Å²) >= 11 is 0. The first-order chi connectivity index (χ1) is 17.5. The van der Waals surface area contributed by atoms with Gasteiger partial charge in [-0.05, 0) is 59.0 Å². The molecule has 2 aliphatic rings. The van der Waals surface area contributed by atoms with Crippen LogP contribution in [0, 0.1) is 5.82 Å². The van der Waals surface area contributed by atoms with Crippen molar-refractivity contribution in [3.8, 4) is 17.2 Å². The van der Waals surface area contributed by atoms with E-state index in [9.17, 15) is 4.39 Å². The van der Waals surface area contributed by atoms with Gasteiger partial charge in [0.2, 0.25) is 6.79 Å².